The number of pyridine rings is 2. The van der Waals surface area contributed by atoms with E-state index in [1.807, 2.05) is 30.3 Å². The number of benzene rings is 6. The van der Waals surface area contributed by atoms with E-state index < -0.39 is 40.7 Å². The lowest BCUT2D eigenvalue weighted by Gasteiger charge is -2.20. The van der Waals surface area contributed by atoms with Gasteiger partial charge in [-0.2, -0.15) is 30.7 Å². The molecule has 13 heteroatoms. The molecule has 0 unspecified atom stereocenters. The van der Waals surface area contributed by atoms with Gasteiger partial charge in [-0.05, 0) is 83.3 Å². The highest BCUT2D eigenvalue weighted by Gasteiger charge is 2.58. The fourth-order valence-corrected chi connectivity index (χ4v) is 9.62. The summed E-state index contributed by atoms with van der Waals surface area (Å²) >= 11 is 0. The summed E-state index contributed by atoms with van der Waals surface area (Å²) in [4.78, 5) is 9.50. The molecule has 6 nitrogen and oxygen atoms in total. The van der Waals surface area contributed by atoms with Crippen molar-refractivity contribution in [2.75, 3.05) is 0 Å². The molecule has 7 heterocycles. The first kappa shape index (κ1) is 33.3. The van der Waals surface area contributed by atoms with Gasteiger partial charge in [-0.1, -0.05) is 66.7 Å². The summed E-state index contributed by atoms with van der Waals surface area (Å²) < 4.78 is 115. The van der Waals surface area contributed by atoms with Gasteiger partial charge >= 0.3 is 18.4 Å². The van der Waals surface area contributed by atoms with Crippen LogP contribution in [0.1, 0.15) is 40.9 Å². The Morgan fingerprint density at radius 2 is 1.27 bits per heavy atom. The summed E-state index contributed by atoms with van der Waals surface area (Å²) in [5, 5.41) is 4.22. The minimum Gasteiger partial charge on any atom is -0.455 e. The predicted molar refractivity (Wildman–Crippen MR) is 208 cm³/mol. The standard InChI is InChI=1S/C46H23F7N4O2/c47-44(48,49)39-16-24-14-23(10-11-27(24)42-55-34-20-31-32(21-36(34)57(39)42)46(52,53)59-45(31,50)51)28-19-37-29-18-35-33(17-30(29)40(28)58-37)54-41-26-9-5-4-6-22(26)15-38(56(35)41)43(12-13-43)25-7-2-1-3-8-25/h1-11,14-21H,12-13H2. The topological polar surface area (TPSA) is 57.0 Å². The van der Waals surface area contributed by atoms with E-state index in [9.17, 15) is 30.7 Å². The van der Waals surface area contributed by atoms with Gasteiger partial charge in [0.2, 0.25) is 0 Å². The minimum atomic E-state index is -4.97. The third kappa shape index (κ3) is 4.29. The summed E-state index contributed by atoms with van der Waals surface area (Å²) in [6.45, 7) is 0. The average Bonchev–Trinajstić information content (AvgIpc) is 3.46. The first-order valence-electron chi connectivity index (χ1n) is 18.9. The number of nitrogens with zero attached hydrogens (tertiary/aromatic N) is 4. The maximum absolute atomic E-state index is 14.8. The zero-order chi connectivity index (χ0) is 40.0. The monoisotopic (exact) mass is 796 g/mol. The number of alkyl halides is 7. The van der Waals surface area contributed by atoms with Crippen molar-refractivity contribution in [1.82, 2.24) is 18.8 Å². The van der Waals surface area contributed by atoms with Crippen molar-refractivity contribution >= 4 is 76.8 Å². The first-order valence-corrected chi connectivity index (χ1v) is 18.9. The molecule has 59 heavy (non-hydrogen) atoms. The van der Waals surface area contributed by atoms with Gasteiger partial charge in [0, 0.05) is 38.2 Å². The molecule has 0 atom stereocenters. The Morgan fingerprint density at radius 1 is 0.593 bits per heavy atom. The second-order valence-corrected chi connectivity index (χ2v) is 15.7. The van der Waals surface area contributed by atoms with Crippen molar-refractivity contribution in [3.8, 4) is 11.1 Å². The Labute approximate surface area is 326 Å². The van der Waals surface area contributed by atoms with Gasteiger partial charge in [0.25, 0.3) is 0 Å². The number of hydrogen-bond donors (Lipinski definition) is 0. The highest BCUT2D eigenvalue weighted by molar-refractivity contribution is 6.18. The summed E-state index contributed by atoms with van der Waals surface area (Å²) in [6.07, 6.45) is -11.7. The second-order valence-electron chi connectivity index (χ2n) is 15.7. The molecule has 6 aromatic heterocycles. The van der Waals surface area contributed by atoms with Crippen molar-refractivity contribution in [1.29, 1.82) is 0 Å². The molecule has 1 saturated carbocycles. The maximum Gasteiger partial charge on any atom is 0.431 e. The maximum atomic E-state index is 14.8. The van der Waals surface area contributed by atoms with Crippen LogP contribution in [0, 0.1) is 0 Å². The second kappa shape index (κ2) is 10.5. The Kier molecular flexibility index (Phi) is 5.90. The van der Waals surface area contributed by atoms with E-state index in [0.717, 1.165) is 57.1 Å². The van der Waals surface area contributed by atoms with Crippen molar-refractivity contribution in [2.45, 2.75) is 36.7 Å². The molecule has 1 aliphatic heterocycles. The largest absolute Gasteiger partial charge is 0.455 e. The predicted octanol–water partition coefficient (Wildman–Crippen LogP) is 12.8. The normalized spacial score (nSPS) is 17.3. The van der Waals surface area contributed by atoms with Crippen LogP contribution in [0.5, 0.6) is 0 Å². The lowest BCUT2D eigenvalue weighted by Crippen LogP contribution is -2.17. The van der Waals surface area contributed by atoms with Crippen LogP contribution < -0.4 is 0 Å². The zero-order valence-electron chi connectivity index (χ0n) is 30.1. The number of furan rings is 2. The highest BCUT2D eigenvalue weighted by Crippen LogP contribution is 2.55. The number of halogens is 7. The lowest BCUT2D eigenvalue weighted by atomic mass is 9.90. The van der Waals surface area contributed by atoms with Gasteiger partial charge in [0.15, 0.2) is 0 Å². The molecular formula is C46H23F7N4O2. The molecule has 2 aliphatic rings. The quantitative estimate of drug-likeness (QED) is 0.167. The Morgan fingerprint density at radius 3 is 2.03 bits per heavy atom. The van der Waals surface area contributed by atoms with Crippen LogP contribution in [0.25, 0.3) is 88.0 Å². The van der Waals surface area contributed by atoms with E-state index in [1.165, 1.54) is 11.3 Å². The molecular weight excluding hydrogens is 774 g/mol. The van der Waals surface area contributed by atoms with Crippen LogP contribution in [0.3, 0.4) is 0 Å². The van der Waals surface area contributed by atoms with E-state index in [2.05, 4.69) is 62.7 Å². The Hall–Kier alpha value is -6.73. The number of rotatable bonds is 3. The van der Waals surface area contributed by atoms with E-state index in [0.29, 0.717) is 38.8 Å². The van der Waals surface area contributed by atoms with Crippen LogP contribution in [-0.2, 0) is 28.5 Å². The number of imidazole rings is 2. The molecule has 0 spiro atoms. The Bertz CT molecular complexity index is 3660. The molecule has 1 aliphatic carbocycles. The van der Waals surface area contributed by atoms with Gasteiger partial charge in [-0.15, -0.1) is 0 Å². The highest BCUT2D eigenvalue weighted by atomic mass is 19.4. The molecule has 0 N–H and O–H groups in total. The van der Waals surface area contributed by atoms with Crippen molar-refractivity contribution < 1.29 is 39.9 Å². The molecule has 13 rings (SSSR count). The fourth-order valence-electron chi connectivity index (χ4n) is 9.62. The summed E-state index contributed by atoms with van der Waals surface area (Å²) in [7, 11) is 0. The van der Waals surface area contributed by atoms with Gasteiger partial charge in [-0.25, -0.2) is 14.7 Å². The van der Waals surface area contributed by atoms with E-state index in [4.69, 9.17) is 9.40 Å². The molecule has 1 fully saturated rings. The van der Waals surface area contributed by atoms with Crippen LogP contribution in [0.4, 0.5) is 30.7 Å². The van der Waals surface area contributed by atoms with E-state index >= 15 is 0 Å². The average molecular weight is 797 g/mol. The van der Waals surface area contributed by atoms with Crippen molar-refractivity contribution in [3.63, 3.8) is 0 Å². The minimum absolute atomic E-state index is 0.154. The Balaban J connectivity index is 1.00. The van der Waals surface area contributed by atoms with Gasteiger partial charge in [0.05, 0.1) is 33.2 Å². The van der Waals surface area contributed by atoms with Crippen LogP contribution in [0.2, 0.25) is 0 Å². The third-order valence-corrected chi connectivity index (χ3v) is 12.4. The molecule has 288 valence electrons. The number of hydrogen-bond acceptors (Lipinski definition) is 4. The molecule has 2 bridgehead atoms. The van der Waals surface area contributed by atoms with E-state index in [-0.39, 0.29) is 27.4 Å². The summed E-state index contributed by atoms with van der Waals surface area (Å²) in [5.74, 6) is 0. The van der Waals surface area contributed by atoms with Crippen LogP contribution in [-0.4, -0.2) is 18.8 Å². The van der Waals surface area contributed by atoms with Crippen LogP contribution >= 0.6 is 0 Å². The molecule has 0 radical (unpaired) electrons. The smallest absolute Gasteiger partial charge is 0.431 e. The molecule has 11 aromatic rings. The number of ether oxygens (including phenoxy) is 1. The molecule has 0 saturated heterocycles. The van der Waals surface area contributed by atoms with Gasteiger partial charge in [-0.3, -0.25) is 8.80 Å². The van der Waals surface area contributed by atoms with Gasteiger partial charge in [0.1, 0.15) is 28.2 Å². The molecule has 5 aromatic carbocycles. The fraction of sp³-hybridized carbons (Fsp3) is 0.130. The van der Waals surface area contributed by atoms with Crippen LogP contribution in [0.15, 0.2) is 120 Å². The van der Waals surface area contributed by atoms with E-state index in [1.54, 1.807) is 18.2 Å². The SMILES string of the molecule is FC(F)(F)c1cc2cc(-c3cc4oc3c3cc5nc6c7ccccc7cc(C7(c8ccccc8)CC7)n6c5cc43)ccc2c2nc3cc4c(cc3n12)C(F)(F)OC4(F)F. The first-order chi connectivity index (χ1) is 28.3. The van der Waals surface area contributed by atoms with Crippen molar-refractivity contribution in [3.05, 3.63) is 143 Å². The third-order valence-electron chi connectivity index (χ3n) is 12.4. The molecule has 0 amide bonds. The number of aromatic nitrogens is 4. The number of fused-ring (bicyclic) bond motifs is 16. The van der Waals surface area contributed by atoms with Crippen molar-refractivity contribution in [2.24, 2.45) is 0 Å². The zero-order valence-corrected chi connectivity index (χ0v) is 30.1. The summed E-state index contributed by atoms with van der Waals surface area (Å²) in [6, 6.07) is 34.1. The van der Waals surface area contributed by atoms with Gasteiger partial charge < -0.3 is 4.42 Å². The summed E-state index contributed by atoms with van der Waals surface area (Å²) in [5.41, 5.74) is 2.68. The lowest BCUT2D eigenvalue weighted by molar-refractivity contribution is -0.369.